The van der Waals surface area contributed by atoms with Crippen LogP contribution < -0.4 is 4.74 Å². The van der Waals surface area contributed by atoms with Gasteiger partial charge in [0, 0.05) is 5.56 Å². The molecule has 116 valence electrons. The Hall–Kier alpha value is -1.06. The third-order valence-electron chi connectivity index (χ3n) is 4.99. The highest BCUT2D eigenvalue weighted by atomic mass is 16.5. The summed E-state index contributed by atoms with van der Waals surface area (Å²) in [4.78, 5) is 2.45. The summed E-state index contributed by atoms with van der Waals surface area (Å²) < 4.78 is 5.89. The molecule has 0 aromatic heterocycles. The van der Waals surface area contributed by atoms with Crippen LogP contribution in [-0.2, 0) is 0 Å². The molecule has 2 aliphatic heterocycles. The molecule has 0 spiro atoms. The monoisotopic (exact) mass is 289 g/mol. The van der Waals surface area contributed by atoms with Crippen molar-refractivity contribution in [2.45, 2.75) is 51.7 Å². The second-order valence-electron chi connectivity index (χ2n) is 6.96. The summed E-state index contributed by atoms with van der Waals surface area (Å²) >= 11 is 0. The van der Waals surface area contributed by atoms with E-state index in [2.05, 4.69) is 43.9 Å². The van der Waals surface area contributed by atoms with E-state index in [4.69, 9.17) is 4.74 Å². The van der Waals surface area contributed by atoms with Gasteiger partial charge in [-0.1, -0.05) is 39.0 Å². The molecular weight excluding hydrogens is 262 g/mol. The maximum Gasteiger partial charge on any atom is 0.127 e. The van der Waals surface area contributed by atoms with E-state index in [0.717, 1.165) is 24.8 Å². The number of likely N-dealkylation sites (tertiary alicyclic amines) is 1. The van der Waals surface area contributed by atoms with Gasteiger partial charge in [0.2, 0.25) is 0 Å². The SMILES string of the molecule is CC1CCN(C2c3cccc(C(C)C)c3OCC2O)CC1. The van der Waals surface area contributed by atoms with Gasteiger partial charge in [-0.15, -0.1) is 0 Å². The minimum atomic E-state index is -0.423. The van der Waals surface area contributed by atoms with Crippen LogP contribution >= 0.6 is 0 Å². The zero-order chi connectivity index (χ0) is 15.0. The fourth-order valence-electron chi connectivity index (χ4n) is 3.64. The average Bonchev–Trinajstić information content (AvgIpc) is 2.47. The number of hydrogen-bond acceptors (Lipinski definition) is 3. The zero-order valence-corrected chi connectivity index (χ0v) is 13.4. The van der Waals surface area contributed by atoms with E-state index in [1.807, 2.05) is 0 Å². The number of para-hydroxylation sites is 1. The number of fused-ring (bicyclic) bond motifs is 1. The van der Waals surface area contributed by atoms with Gasteiger partial charge in [0.25, 0.3) is 0 Å². The van der Waals surface area contributed by atoms with E-state index in [0.29, 0.717) is 12.5 Å². The van der Waals surface area contributed by atoms with Crippen molar-refractivity contribution in [3.63, 3.8) is 0 Å². The summed E-state index contributed by atoms with van der Waals surface area (Å²) in [6.45, 7) is 9.28. The first-order valence-electron chi connectivity index (χ1n) is 8.25. The summed E-state index contributed by atoms with van der Waals surface area (Å²) in [5.74, 6) is 2.26. The molecule has 1 aromatic carbocycles. The van der Waals surface area contributed by atoms with Gasteiger partial charge in [0.05, 0.1) is 6.04 Å². The van der Waals surface area contributed by atoms with Crippen LogP contribution in [0.15, 0.2) is 18.2 Å². The van der Waals surface area contributed by atoms with E-state index in [1.54, 1.807) is 0 Å². The van der Waals surface area contributed by atoms with Gasteiger partial charge < -0.3 is 9.84 Å². The predicted molar refractivity (Wildman–Crippen MR) is 84.7 cm³/mol. The molecule has 1 N–H and O–H groups in total. The average molecular weight is 289 g/mol. The van der Waals surface area contributed by atoms with Crippen LogP contribution in [0.1, 0.15) is 56.7 Å². The molecule has 2 aliphatic rings. The number of benzene rings is 1. The van der Waals surface area contributed by atoms with Crippen LogP contribution in [0.5, 0.6) is 5.75 Å². The quantitative estimate of drug-likeness (QED) is 0.906. The van der Waals surface area contributed by atoms with E-state index < -0.39 is 6.10 Å². The number of aliphatic hydroxyl groups is 1. The van der Waals surface area contributed by atoms with Crippen LogP contribution in [0.4, 0.5) is 0 Å². The molecule has 3 rings (SSSR count). The lowest BCUT2D eigenvalue weighted by Crippen LogP contribution is -2.45. The number of aliphatic hydroxyl groups excluding tert-OH is 1. The van der Waals surface area contributed by atoms with Gasteiger partial charge >= 0.3 is 0 Å². The Labute approximate surface area is 127 Å². The van der Waals surface area contributed by atoms with Crippen molar-refractivity contribution in [3.8, 4) is 5.75 Å². The number of ether oxygens (including phenoxy) is 1. The van der Waals surface area contributed by atoms with Crippen molar-refractivity contribution in [1.29, 1.82) is 0 Å². The first-order valence-corrected chi connectivity index (χ1v) is 8.25. The molecule has 0 aliphatic carbocycles. The summed E-state index contributed by atoms with van der Waals surface area (Å²) in [6.07, 6.45) is 2.03. The molecule has 0 saturated carbocycles. The molecule has 3 nitrogen and oxygen atoms in total. The second kappa shape index (κ2) is 5.98. The standard InChI is InChI=1S/C18H27NO2/c1-12(2)14-5-4-6-15-17(16(20)11-21-18(14)15)19-9-7-13(3)8-10-19/h4-6,12-13,16-17,20H,7-11H2,1-3H3. The first-order chi connectivity index (χ1) is 10.1. The van der Waals surface area contributed by atoms with E-state index in [1.165, 1.54) is 24.0 Å². The maximum atomic E-state index is 10.5. The molecule has 0 amide bonds. The minimum absolute atomic E-state index is 0.0972. The molecule has 21 heavy (non-hydrogen) atoms. The van der Waals surface area contributed by atoms with Crippen LogP contribution in [0, 0.1) is 5.92 Å². The largest absolute Gasteiger partial charge is 0.490 e. The van der Waals surface area contributed by atoms with Crippen LogP contribution in [0.2, 0.25) is 0 Å². The molecule has 1 saturated heterocycles. The lowest BCUT2D eigenvalue weighted by molar-refractivity contribution is -0.0118. The lowest BCUT2D eigenvalue weighted by Gasteiger charge is -2.42. The summed E-state index contributed by atoms with van der Waals surface area (Å²) in [7, 11) is 0. The minimum Gasteiger partial charge on any atom is -0.490 e. The Bertz CT molecular complexity index is 492. The second-order valence-corrected chi connectivity index (χ2v) is 6.96. The highest BCUT2D eigenvalue weighted by molar-refractivity contribution is 5.46. The molecule has 2 heterocycles. The first kappa shape index (κ1) is 14.9. The maximum absolute atomic E-state index is 10.5. The third kappa shape index (κ3) is 2.82. The normalized spacial score (nSPS) is 27.5. The number of nitrogens with zero attached hydrogens (tertiary/aromatic N) is 1. The smallest absolute Gasteiger partial charge is 0.127 e. The number of hydrogen-bond donors (Lipinski definition) is 1. The van der Waals surface area contributed by atoms with Gasteiger partial charge in [0.15, 0.2) is 0 Å². The molecule has 2 atom stereocenters. The Morgan fingerprint density at radius 3 is 2.62 bits per heavy atom. The topological polar surface area (TPSA) is 32.7 Å². The van der Waals surface area contributed by atoms with Crippen LogP contribution in [0.3, 0.4) is 0 Å². The molecule has 3 heteroatoms. The van der Waals surface area contributed by atoms with Gasteiger partial charge in [-0.05, 0) is 43.3 Å². The highest BCUT2D eigenvalue weighted by Gasteiger charge is 2.36. The van der Waals surface area contributed by atoms with Gasteiger partial charge in [-0.25, -0.2) is 0 Å². The Kier molecular flexibility index (Phi) is 4.23. The summed E-state index contributed by atoms with van der Waals surface area (Å²) in [6, 6.07) is 6.48. The third-order valence-corrected chi connectivity index (χ3v) is 4.99. The van der Waals surface area contributed by atoms with Crippen molar-refractivity contribution >= 4 is 0 Å². The van der Waals surface area contributed by atoms with E-state index >= 15 is 0 Å². The zero-order valence-electron chi connectivity index (χ0n) is 13.4. The van der Waals surface area contributed by atoms with Crippen molar-refractivity contribution in [1.82, 2.24) is 4.90 Å². The molecular formula is C18H27NO2. The molecule has 1 fully saturated rings. The van der Waals surface area contributed by atoms with E-state index in [-0.39, 0.29) is 6.04 Å². The molecule has 0 bridgehead atoms. The Morgan fingerprint density at radius 2 is 1.95 bits per heavy atom. The van der Waals surface area contributed by atoms with E-state index in [9.17, 15) is 5.11 Å². The summed E-state index contributed by atoms with van der Waals surface area (Å²) in [5.41, 5.74) is 2.43. The van der Waals surface area contributed by atoms with Crippen molar-refractivity contribution < 1.29 is 9.84 Å². The van der Waals surface area contributed by atoms with Crippen molar-refractivity contribution in [2.24, 2.45) is 5.92 Å². The van der Waals surface area contributed by atoms with Gasteiger partial charge in [0.1, 0.15) is 18.5 Å². The van der Waals surface area contributed by atoms with Gasteiger partial charge in [-0.3, -0.25) is 4.90 Å². The predicted octanol–water partition coefficient (Wildman–Crippen LogP) is 3.34. The van der Waals surface area contributed by atoms with Crippen LogP contribution in [0.25, 0.3) is 0 Å². The number of piperidine rings is 1. The number of rotatable bonds is 2. The van der Waals surface area contributed by atoms with Crippen molar-refractivity contribution in [3.05, 3.63) is 29.3 Å². The fourth-order valence-corrected chi connectivity index (χ4v) is 3.64. The lowest BCUT2D eigenvalue weighted by atomic mass is 9.89. The fraction of sp³-hybridized carbons (Fsp3) is 0.667. The molecule has 0 radical (unpaired) electrons. The highest BCUT2D eigenvalue weighted by Crippen LogP contribution is 2.41. The molecule has 1 aromatic rings. The van der Waals surface area contributed by atoms with Crippen molar-refractivity contribution in [2.75, 3.05) is 19.7 Å². The summed E-state index contributed by atoms with van der Waals surface area (Å²) in [5, 5.41) is 10.5. The Balaban J connectivity index is 1.94. The molecule has 2 unspecified atom stereocenters. The Morgan fingerprint density at radius 1 is 1.24 bits per heavy atom. The van der Waals surface area contributed by atoms with Crippen LogP contribution in [-0.4, -0.2) is 35.8 Å². The van der Waals surface area contributed by atoms with Gasteiger partial charge in [-0.2, -0.15) is 0 Å².